The summed E-state index contributed by atoms with van der Waals surface area (Å²) < 4.78 is 28.4. The van der Waals surface area contributed by atoms with Crippen LogP contribution in [0.3, 0.4) is 0 Å². The maximum atomic E-state index is 13.3. The molecule has 0 N–H and O–H groups in total. The molecule has 33 heavy (non-hydrogen) atoms. The molecule has 0 radical (unpaired) electrons. The van der Waals surface area contributed by atoms with Gasteiger partial charge < -0.3 is 14.4 Å². The Labute approximate surface area is 193 Å². The lowest BCUT2D eigenvalue weighted by Gasteiger charge is -2.36. The average Bonchev–Trinajstić information content (AvgIpc) is 3.24. The Hall–Kier alpha value is -3.58. The molecule has 1 aromatic heterocycles. The van der Waals surface area contributed by atoms with E-state index in [1.165, 1.54) is 0 Å². The fourth-order valence-corrected chi connectivity index (χ4v) is 5.88. The molecule has 168 valence electrons. The summed E-state index contributed by atoms with van der Waals surface area (Å²) in [5, 5.41) is 0.628. The summed E-state index contributed by atoms with van der Waals surface area (Å²) in [5.74, 6) is -0.00729. The number of carbonyl (C=O) groups excluding carboxylic acids is 1. The van der Waals surface area contributed by atoms with Gasteiger partial charge in [0.25, 0.3) is 0 Å². The summed E-state index contributed by atoms with van der Waals surface area (Å²) in [7, 11) is -3.70. The van der Waals surface area contributed by atoms with Crippen molar-refractivity contribution in [3.63, 3.8) is 0 Å². The predicted octanol–water partition coefficient (Wildman–Crippen LogP) is 3.82. The van der Waals surface area contributed by atoms with Crippen molar-refractivity contribution in [2.75, 3.05) is 31.1 Å². The van der Waals surface area contributed by atoms with Crippen molar-refractivity contribution < 1.29 is 13.2 Å². The molecular formula is C26H25N3O3S. The van der Waals surface area contributed by atoms with E-state index in [1.807, 2.05) is 41.3 Å². The van der Waals surface area contributed by atoms with Crippen LogP contribution in [0.2, 0.25) is 0 Å². The highest BCUT2D eigenvalue weighted by Gasteiger charge is 2.26. The molecule has 1 aliphatic rings. The van der Waals surface area contributed by atoms with Gasteiger partial charge in [0.05, 0.1) is 9.79 Å². The van der Waals surface area contributed by atoms with Gasteiger partial charge in [-0.25, -0.2) is 8.42 Å². The van der Waals surface area contributed by atoms with Gasteiger partial charge >= 0.3 is 0 Å². The van der Waals surface area contributed by atoms with Gasteiger partial charge in [-0.2, -0.15) is 0 Å². The molecule has 2 heterocycles. The Kier molecular flexibility index (Phi) is 5.64. The monoisotopic (exact) mass is 459 g/mol. The van der Waals surface area contributed by atoms with E-state index in [9.17, 15) is 13.2 Å². The van der Waals surface area contributed by atoms with Crippen LogP contribution in [0.15, 0.2) is 101 Å². The minimum atomic E-state index is -3.70. The van der Waals surface area contributed by atoms with Crippen molar-refractivity contribution in [1.29, 1.82) is 0 Å². The van der Waals surface area contributed by atoms with Gasteiger partial charge in [0.15, 0.2) is 0 Å². The second kappa shape index (κ2) is 8.75. The summed E-state index contributed by atoms with van der Waals surface area (Å²) in [5.41, 5.74) is 1.90. The van der Waals surface area contributed by atoms with Gasteiger partial charge in [0, 0.05) is 49.0 Å². The van der Waals surface area contributed by atoms with Gasteiger partial charge in [-0.3, -0.25) is 4.79 Å². The van der Waals surface area contributed by atoms with E-state index >= 15 is 0 Å². The molecule has 3 aromatic carbocycles. The van der Waals surface area contributed by atoms with Crippen molar-refractivity contribution >= 4 is 32.3 Å². The summed E-state index contributed by atoms with van der Waals surface area (Å²) >= 11 is 0. The van der Waals surface area contributed by atoms with Crippen LogP contribution in [0.5, 0.6) is 0 Å². The van der Waals surface area contributed by atoms with Gasteiger partial charge in [0.2, 0.25) is 15.7 Å². The molecule has 1 aliphatic heterocycles. The molecule has 1 saturated heterocycles. The maximum Gasteiger partial charge on any atom is 0.242 e. The van der Waals surface area contributed by atoms with Crippen LogP contribution < -0.4 is 4.90 Å². The fraction of sp³-hybridized carbons (Fsp3) is 0.192. The largest absolute Gasteiger partial charge is 0.368 e. The lowest BCUT2D eigenvalue weighted by molar-refractivity contribution is -0.132. The topological polar surface area (TPSA) is 62.6 Å². The number of amides is 1. The minimum Gasteiger partial charge on any atom is -0.368 e. The highest BCUT2D eigenvalue weighted by atomic mass is 32.2. The van der Waals surface area contributed by atoms with Crippen LogP contribution in [-0.4, -0.2) is 50.0 Å². The molecule has 5 rings (SSSR count). The van der Waals surface area contributed by atoms with Crippen LogP contribution in [-0.2, 0) is 21.2 Å². The van der Waals surface area contributed by atoms with E-state index < -0.39 is 9.84 Å². The van der Waals surface area contributed by atoms with E-state index in [0.717, 1.165) is 24.3 Å². The summed E-state index contributed by atoms with van der Waals surface area (Å²) in [6.45, 7) is 2.94. The van der Waals surface area contributed by atoms with Gasteiger partial charge in [0.1, 0.15) is 6.54 Å². The molecule has 0 spiro atoms. The Morgan fingerprint density at radius 1 is 0.758 bits per heavy atom. The number of aromatic nitrogens is 1. The lowest BCUT2D eigenvalue weighted by atomic mass is 10.2. The molecule has 4 aromatic rings. The summed E-state index contributed by atoms with van der Waals surface area (Å²) in [4.78, 5) is 17.7. The van der Waals surface area contributed by atoms with Crippen molar-refractivity contribution in [1.82, 2.24) is 9.47 Å². The van der Waals surface area contributed by atoms with Crippen LogP contribution in [0.25, 0.3) is 10.9 Å². The van der Waals surface area contributed by atoms with E-state index in [1.54, 1.807) is 47.2 Å². The first-order valence-corrected chi connectivity index (χ1v) is 12.5. The third-order valence-corrected chi connectivity index (χ3v) is 7.95. The lowest BCUT2D eigenvalue weighted by Crippen LogP contribution is -2.49. The standard InChI is InChI=1S/C26H25N3O3S/c30-26(28-17-15-27(16-18-28)21-9-3-1-4-10-21)20-29-19-25(23-13-7-8-14-24(23)29)33(31,32)22-11-5-2-6-12-22/h1-14,19H,15-18,20H2. The number of piperazine rings is 1. The summed E-state index contributed by atoms with van der Waals surface area (Å²) in [6.07, 6.45) is 1.60. The first kappa shape index (κ1) is 21.3. The van der Waals surface area contributed by atoms with Crippen LogP contribution in [0.1, 0.15) is 0 Å². The molecule has 7 heteroatoms. The highest BCUT2D eigenvalue weighted by Crippen LogP contribution is 2.30. The van der Waals surface area contributed by atoms with Crippen LogP contribution >= 0.6 is 0 Å². The van der Waals surface area contributed by atoms with Crippen molar-refractivity contribution in [3.05, 3.63) is 91.1 Å². The predicted molar refractivity (Wildman–Crippen MR) is 129 cm³/mol. The number of fused-ring (bicyclic) bond motifs is 1. The number of rotatable bonds is 5. The van der Waals surface area contributed by atoms with E-state index in [2.05, 4.69) is 17.0 Å². The molecule has 1 amide bonds. The molecule has 0 atom stereocenters. The zero-order valence-corrected chi connectivity index (χ0v) is 19.0. The molecular weight excluding hydrogens is 434 g/mol. The van der Waals surface area contributed by atoms with Crippen molar-refractivity contribution in [2.45, 2.75) is 16.3 Å². The van der Waals surface area contributed by atoms with Crippen LogP contribution in [0, 0.1) is 0 Å². The Morgan fingerprint density at radius 3 is 2.06 bits per heavy atom. The normalized spacial score (nSPS) is 14.5. The third-order valence-electron chi connectivity index (χ3n) is 6.15. The number of benzene rings is 3. The van der Waals surface area contributed by atoms with Crippen LogP contribution in [0.4, 0.5) is 5.69 Å². The average molecular weight is 460 g/mol. The van der Waals surface area contributed by atoms with Gasteiger partial charge in [-0.05, 0) is 30.3 Å². The first-order valence-electron chi connectivity index (χ1n) is 11.0. The molecule has 0 unspecified atom stereocenters. The van der Waals surface area contributed by atoms with Crippen molar-refractivity contribution in [2.24, 2.45) is 0 Å². The molecule has 6 nitrogen and oxygen atoms in total. The first-order chi connectivity index (χ1) is 16.0. The number of nitrogens with zero attached hydrogens (tertiary/aromatic N) is 3. The smallest absolute Gasteiger partial charge is 0.242 e. The zero-order valence-electron chi connectivity index (χ0n) is 18.2. The quantitative estimate of drug-likeness (QED) is 0.455. The number of hydrogen-bond donors (Lipinski definition) is 0. The van der Waals surface area contributed by atoms with E-state index in [4.69, 9.17) is 0 Å². The maximum absolute atomic E-state index is 13.3. The number of carbonyl (C=O) groups is 1. The summed E-state index contributed by atoms with van der Waals surface area (Å²) in [6, 6.07) is 25.9. The number of sulfone groups is 1. The highest BCUT2D eigenvalue weighted by molar-refractivity contribution is 7.91. The Balaban J connectivity index is 1.37. The van der Waals surface area contributed by atoms with Crippen molar-refractivity contribution in [3.8, 4) is 0 Å². The number of anilines is 1. The molecule has 0 saturated carbocycles. The second-order valence-electron chi connectivity index (χ2n) is 8.16. The third kappa shape index (κ3) is 4.12. The molecule has 1 fully saturated rings. The van der Waals surface area contributed by atoms with Gasteiger partial charge in [-0.1, -0.05) is 54.6 Å². The number of para-hydroxylation sites is 2. The Morgan fingerprint density at radius 2 is 1.36 bits per heavy atom. The zero-order chi connectivity index (χ0) is 22.8. The van der Waals surface area contributed by atoms with E-state index in [0.29, 0.717) is 18.5 Å². The molecule has 0 bridgehead atoms. The SMILES string of the molecule is O=C(Cn1cc(S(=O)(=O)c2ccccc2)c2ccccc21)N1CCN(c2ccccc2)CC1. The molecule has 0 aliphatic carbocycles. The van der Waals surface area contributed by atoms with Gasteiger partial charge in [-0.15, -0.1) is 0 Å². The number of hydrogen-bond acceptors (Lipinski definition) is 4. The van der Waals surface area contributed by atoms with E-state index in [-0.39, 0.29) is 22.2 Å². The Bertz CT molecular complexity index is 1370. The second-order valence-corrected chi connectivity index (χ2v) is 10.1. The minimum absolute atomic E-state index is 0.00729. The fourth-order valence-electron chi connectivity index (χ4n) is 4.38.